The largest absolute Gasteiger partial charge is 0.478 e. The highest BCUT2D eigenvalue weighted by molar-refractivity contribution is 6.04. The quantitative estimate of drug-likeness (QED) is 0.784. The normalized spacial score (nSPS) is 11.0. The molecule has 0 unspecified atom stereocenters. The minimum absolute atomic E-state index is 0.237. The summed E-state index contributed by atoms with van der Waals surface area (Å²) in [6.07, 6.45) is 0. The lowest BCUT2D eigenvalue weighted by atomic mass is 10.0. The maximum Gasteiger partial charge on any atom is 0.336 e. The van der Waals surface area contributed by atoms with Gasteiger partial charge in [0.25, 0.3) is 0 Å². The van der Waals surface area contributed by atoms with Crippen molar-refractivity contribution >= 4 is 17.0 Å². The molecule has 0 saturated carbocycles. The summed E-state index contributed by atoms with van der Waals surface area (Å²) < 4.78 is 1.62. The van der Waals surface area contributed by atoms with Gasteiger partial charge in [0.05, 0.1) is 22.3 Å². The smallest absolute Gasteiger partial charge is 0.336 e. The fraction of sp³-hybridized carbons (Fsp3) is 0.188. The number of hydrogen-bond donors (Lipinski definition) is 1. The first-order valence-electron chi connectivity index (χ1n) is 6.62. The Morgan fingerprint density at radius 2 is 1.86 bits per heavy atom. The van der Waals surface area contributed by atoms with Gasteiger partial charge in [0, 0.05) is 12.6 Å². The Bertz CT molecular complexity index is 848. The number of carbonyl (C=O) groups is 1. The first-order valence-corrected chi connectivity index (χ1v) is 6.62. The molecule has 5 heteroatoms. The predicted molar refractivity (Wildman–Crippen MR) is 80.4 cm³/mol. The van der Waals surface area contributed by atoms with Crippen LogP contribution < -0.4 is 0 Å². The number of hydrogen-bond acceptors (Lipinski definition) is 3. The van der Waals surface area contributed by atoms with Crippen molar-refractivity contribution in [2.24, 2.45) is 7.05 Å². The van der Waals surface area contributed by atoms with E-state index in [-0.39, 0.29) is 5.56 Å². The molecule has 0 bridgehead atoms. The van der Waals surface area contributed by atoms with Gasteiger partial charge < -0.3 is 5.11 Å². The van der Waals surface area contributed by atoms with Crippen LogP contribution in [0, 0.1) is 13.8 Å². The lowest BCUT2D eigenvalue weighted by Crippen LogP contribution is -2.01. The molecule has 0 radical (unpaired) electrons. The van der Waals surface area contributed by atoms with Gasteiger partial charge in [0.2, 0.25) is 0 Å². The van der Waals surface area contributed by atoms with Crippen LogP contribution in [0.1, 0.15) is 21.6 Å². The number of aryl methyl sites for hydroxylation is 3. The number of carboxylic acid groups (broad SMARTS) is 1. The van der Waals surface area contributed by atoms with Crippen LogP contribution >= 0.6 is 0 Å². The topological polar surface area (TPSA) is 68.0 Å². The van der Waals surface area contributed by atoms with Crippen molar-refractivity contribution < 1.29 is 9.90 Å². The van der Waals surface area contributed by atoms with Crippen molar-refractivity contribution in [3.63, 3.8) is 0 Å². The molecule has 2 aromatic heterocycles. The number of aromatic nitrogens is 3. The average molecular weight is 281 g/mol. The summed E-state index contributed by atoms with van der Waals surface area (Å²) in [5, 5.41) is 14.3. The van der Waals surface area contributed by atoms with Crippen molar-refractivity contribution in [2.45, 2.75) is 13.8 Å². The molecule has 3 aromatic rings. The van der Waals surface area contributed by atoms with Crippen molar-refractivity contribution in [3.05, 3.63) is 47.2 Å². The van der Waals surface area contributed by atoms with Gasteiger partial charge in [-0.25, -0.2) is 9.78 Å². The molecular formula is C16H15N3O2. The van der Waals surface area contributed by atoms with Crippen molar-refractivity contribution in [1.82, 2.24) is 14.8 Å². The average Bonchev–Trinajstić information content (AvgIpc) is 2.74. The minimum atomic E-state index is -0.966. The number of benzene rings is 1. The summed E-state index contributed by atoms with van der Waals surface area (Å²) in [6.45, 7) is 3.80. The Hall–Kier alpha value is -2.69. The Kier molecular flexibility index (Phi) is 2.97. The second kappa shape index (κ2) is 4.70. The van der Waals surface area contributed by atoms with Crippen LogP contribution in [0.3, 0.4) is 0 Å². The third-order valence-corrected chi connectivity index (χ3v) is 3.55. The summed E-state index contributed by atoms with van der Waals surface area (Å²) in [5.41, 5.74) is 4.18. The Balaban J connectivity index is 2.32. The van der Waals surface area contributed by atoms with Crippen LogP contribution in [-0.4, -0.2) is 25.8 Å². The van der Waals surface area contributed by atoms with E-state index >= 15 is 0 Å². The molecule has 0 fully saturated rings. The van der Waals surface area contributed by atoms with Crippen LogP contribution in [0.25, 0.3) is 22.3 Å². The van der Waals surface area contributed by atoms with E-state index in [1.54, 1.807) is 24.7 Å². The van der Waals surface area contributed by atoms with E-state index < -0.39 is 5.97 Å². The minimum Gasteiger partial charge on any atom is -0.478 e. The van der Waals surface area contributed by atoms with E-state index in [4.69, 9.17) is 0 Å². The fourth-order valence-corrected chi connectivity index (χ4v) is 2.49. The molecule has 1 N–H and O–H groups in total. The van der Waals surface area contributed by atoms with Crippen LogP contribution in [0.2, 0.25) is 0 Å². The third-order valence-electron chi connectivity index (χ3n) is 3.55. The zero-order chi connectivity index (χ0) is 15.1. The molecule has 0 saturated heterocycles. The van der Waals surface area contributed by atoms with Crippen LogP contribution in [0.15, 0.2) is 30.3 Å². The molecule has 2 heterocycles. The lowest BCUT2D eigenvalue weighted by Gasteiger charge is -2.06. The van der Waals surface area contributed by atoms with Crippen molar-refractivity contribution in [2.75, 3.05) is 0 Å². The molecule has 0 atom stereocenters. The van der Waals surface area contributed by atoms with Gasteiger partial charge in [-0.05, 0) is 19.9 Å². The zero-order valence-electron chi connectivity index (χ0n) is 12.1. The molecule has 0 amide bonds. The number of rotatable bonds is 2. The molecule has 0 aliphatic rings. The maximum atomic E-state index is 11.5. The van der Waals surface area contributed by atoms with Crippen molar-refractivity contribution in [1.29, 1.82) is 0 Å². The monoisotopic (exact) mass is 281 g/mol. The first kappa shape index (κ1) is 13.3. The SMILES string of the molecule is Cc1ccc(-c2cc(C(=O)O)c3c(C)nn(C)c3n2)cc1. The van der Waals surface area contributed by atoms with Crippen molar-refractivity contribution in [3.8, 4) is 11.3 Å². The van der Waals surface area contributed by atoms with E-state index in [2.05, 4.69) is 10.1 Å². The molecule has 106 valence electrons. The Morgan fingerprint density at radius 3 is 2.48 bits per heavy atom. The van der Waals surface area contributed by atoms with Crippen LogP contribution in [0.5, 0.6) is 0 Å². The maximum absolute atomic E-state index is 11.5. The first-order chi connectivity index (χ1) is 9.97. The van der Waals surface area contributed by atoms with Crippen LogP contribution in [-0.2, 0) is 7.05 Å². The van der Waals surface area contributed by atoms with E-state index in [1.807, 2.05) is 31.2 Å². The predicted octanol–water partition coefficient (Wildman–Crippen LogP) is 2.95. The Morgan fingerprint density at radius 1 is 1.19 bits per heavy atom. The molecule has 0 aliphatic carbocycles. The van der Waals surface area contributed by atoms with Gasteiger partial charge in [0.15, 0.2) is 5.65 Å². The Labute approximate surface area is 121 Å². The molecule has 0 aliphatic heterocycles. The van der Waals surface area contributed by atoms with Gasteiger partial charge in [0.1, 0.15) is 0 Å². The zero-order valence-corrected chi connectivity index (χ0v) is 12.1. The van der Waals surface area contributed by atoms with Crippen LogP contribution in [0.4, 0.5) is 0 Å². The number of carboxylic acids is 1. The highest BCUT2D eigenvalue weighted by atomic mass is 16.4. The molecule has 5 nitrogen and oxygen atoms in total. The summed E-state index contributed by atoms with van der Waals surface area (Å²) in [5.74, 6) is -0.966. The third kappa shape index (κ3) is 2.16. The fourth-order valence-electron chi connectivity index (χ4n) is 2.49. The molecule has 1 aromatic carbocycles. The van der Waals surface area contributed by atoms with Gasteiger partial charge in [-0.3, -0.25) is 4.68 Å². The molecule has 0 spiro atoms. The van der Waals surface area contributed by atoms with E-state index in [1.165, 1.54) is 0 Å². The standard InChI is InChI=1S/C16H15N3O2/c1-9-4-6-11(7-5-9)13-8-12(16(20)21)14-10(2)18-19(3)15(14)17-13/h4-8H,1-3H3,(H,20,21). The highest BCUT2D eigenvalue weighted by Gasteiger charge is 2.18. The second-order valence-corrected chi connectivity index (χ2v) is 5.13. The lowest BCUT2D eigenvalue weighted by molar-refractivity contribution is 0.0699. The summed E-state index contributed by atoms with van der Waals surface area (Å²) >= 11 is 0. The summed E-state index contributed by atoms with van der Waals surface area (Å²) in [6, 6.07) is 9.47. The number of pyridine rings is 1. The van der Waals surface area contributed by atoms with Gasteiger partial charge in [-0.15, -0.1) is 0 Å². The molecule has 21 heavy (non-hydrogen) atoms. The highest BCUT2D eigenvalue weighted by Crippen LogP contribution is 2.26. The van der Waals surface area contributed by atoms with E-state index in [9.17, 15) is 9.90 Å². The number of nitrogens with zero attached hydrogens (tertiary/aromatic N) is 3. The van der Waals surface area contributed by atoms with E-state index in [0.717, 1.165) is 11.1 Å². The summed E-state index contributed by atoms with van der Waals surface area (Å²) in [4.78, 5) is 16.1. The van der Waals surface area contributed by atoms with E-state index in [0.29, 0.717) is 22.4 Å². The van der Waals surface area contributed by atoms with Gasteiger partial charge >= 0.3 is 5.97 Å². The van der Waals surface area contributed by atoms with Gasteiger partial charge in [-0.2, -0.15) is 5.10 Å². The van der Waals surface area contributed by atoms with Gasteiger partial charge in [-0.1, -0.05) is 29.8 Å². The number of aromatic carboxylic acids is 1. The number of fused-ring (bicyclic) bond motifs is 1. The molecular weight excluding hydrogens is 266 g/mol. The second-order valence-electron chi connectivity index (χ2n) is 5.13. The molecule has 3 rings (SSSR count). The summed E-state index contributed by atoms with van der Waals surface area (Å²) in [7, 11) is 1.77.